The molecule has 0 N–H and O–H groups in total. The third-order valence-corrected chi connectivity index (χ3v) is 1.11. The van der Waals surface area contributed by atoms with Gasteiger partial charge >= 0.3 is 0 Å². The fraction of sp³-hybridized carbons (Fsp3) is 0.125. The Hall–Kier alpha value is -1.31. The van der Waals surface area contributed by atoms with Crippen LogP contribution in [0.25, 0.3) is 0 Å². The second-order valence-electron chi connectivity index (χ2n) is 1.77. The van der Waals surface area contributed by atoms with E-state index in [1.807, 2.05) is 0 Å². The molecule has 52 valence electrons. The zero-order valence-electron chi connectivity index (χ0n) is 5.63. The molecule has 1 aromatic carbocycles. The van der Waals surface area contributed by atoms with E-state index in [4.69, 9.17) is 0 Å². The highest BCUT2D eigenvalue weighted by molar-refractivity contribution is 5.88. The number of benzene rings is 1. The van der Waals surface area contributed by atoms with Gasteiger partial charge in [-0.25, -0.2) is 0 Å². The molecule has 0 saturated carbocycles. The first-order chi connectivity index (χ1) is 4.84. The van der Waals surface area contributed by atoms with Gasteiger partial charge in [0.05, 0.1) is 7.11 Å². The van der Waals surface area contributed by atoms with Gasteiger partial charge in [0.25, 0.3) is 0 Å². The topological polar surface area (TPSA) is 26.3 Å². The summed E-state index contributed by atoms with van der Waals surface area (Å²) in [5.41, 5.74) is 0.463. The summed E-state index contributed by atoms with van der Waals surface area (Å²) in [7, 11) is 1.35. The van der Waals surface area contributed by atoms with E-state index in [0.29, 0.717) is 5.56 Å². The lowest BCUT2D eigenvalue weighted by molar-refractivity contribution is 0.0600. The van der Waals surface area contributed by atoms with Crippen molar-refractivity contribution in [3.63, 3.8) is 0 Å². The van der Waals surface area contributed by atoms with Crippen LogP contribution in [0.5, 0.6) is 0 Å². The van der Waals surface area contributed by atoms with Gasteiger partial charge in [0.1, 0.15) is 0 Å². The molecule has 0 fully saturated rings. The van der Waals surface area contributed by atoms with Crippen LogP contribution < -0.4 is 0 Å². The van der Waals surface area contributed by atoms with Crippen LogP contribution in [0.4, 0.5) is 0 Å². The van der Waals surface area contributed by atoms with Crippen LogP contribution in [-0.2, 0) is 4.74 Å². The number of ether oxygens (including phenoxy) is 1. The van der Waals surface area contributed by atoms with Gasteiger partial charge in [-0.3, -0.25) is 0 Å². The predicted molar refractivity (Wildman–Crippen MR) is 36.6 cm³/mol. The average molecular weight is 135 g/mol. The number of carbonyl (C=O) groups excluding carboxylic acids is 1. The molecule has 1 rings (SSSR count). The lowest BCUT2D eigenvalue weighted by atomic mass is 10.2. The molecule has 0 saturated heterocycles. The van der Waals surface area contributed by atoms with Crippen molar-refractivity contribution in [1.82, 2.24) is 0 Å². The minimum Gasteiger partial charge on any atom is -0.509 e. The van der Waals surface area contributed by atoms with Crippen molar-refractivity contribution in [2.75, 3.05) is 7.11 Å². The molecular formula is C8H7O2-. The summed E-state index contributed by atoms with van der Waals surface area (Å²) in [4.78, 5) is 10.8. The Morgan fingerprint density at radius 1 is 1.60 bits per heavy atom. The largest absolute Gasteiger partial charge is 0.509 e. The van der Waals surface area contributed by atoms with Crippen molar-refractivity contribution in [2.24, 2.45) is 0 Å². The van der Waals surface area contributed by atoms with E-state index in [9.17, 15) is 4.79 Å². The summed E-state index contributed by atoms with van der Waals surface area (Å²) in [6.07, 6.45) is 0. The summed E-state index contributed by atoms with van der Waals surface area (Å²) in [6.45, 7) is 0. The fourth-order valence-electron chi connectivity index (χ4n) is 0.630. The molecule has 0 radical (unpaired) electrons. The van der Waals surface area contributed by atoms with Gasteiger partial charge in [0, 0.05) is 0 Å². The molecule has 0 aliphatic heterocycles. The van der Waals surface area contributed by atoms with Gasteiger partial charge in [-0.2, -0.15) is 0 Å². The molecule has 0 spiro atoms. The molecule has 2 heteroatoms. The van der Waals surface area contributed by atoms with E-state index in [1.54, 1.807) is 24.3 Å². The zero-order valence-corrected chi connectivity index (χ0v) is 5.63. The number of hydrogen-bond donors (Lipinski definition) is 0. The highest BCUT2D eigenvalue weighted by Crippen LogP contribution is 1.97. The molecule has 1 aromatic rings. The normalized spacial score (nSPS) is 8.90. The van der Waals surface area contributed by atoms with E-state index >= 15 is 0 Å². The van der Waals surface area contributed by atoms with Crippen molar-refractivity contribution in [3.05, 3.63) is 35.9 Å². The zero-order chi connectivity index (χ0) is 7.40. The fourth-order valence-corrected chi connectivity index (χ4v) is 0.630. The summed E-state index contributed by atoms with van der Waals surface area (Å²) in [5.74, 6) is -0.347. The molecule has 0 unspecified atom stereocenters. The Labute approximate surface area is 59.4 Å². The van der Waals surface area contributed by atoms with Crippen LogP contribution >= 0.6 is 0 Å². The average Bonchev–Trinajstić information content (AvgIpc) is 2.05. The first-order valence-electron chi connectivity index (χ1n) is 2.89. The molecule has 0 atom stereocenters. The van der Waals surface area contributed by atoms with Crippen LogP contribution in [0.1, 0.15) is 10.4 Å². The first-order valence-corrected chi connectivity index (χ1v) is 2.89. The van der Waals surface area contributed by atoms with Crippen LogP contribution in [0.2, 0.25) is 0 Å². The maximum atomic E-state index is 10.8. The van der Waals surface area contributed by atoms with Crippen molar-refractivity contribution in [3.8, 4) is 0 Å². The molecule has 0 bridgehead atoms. The molecule has 0 heterocycles. The van der Waals surface area contributed by atoms with E-state index in [0.717, 1.165) is 0 Å². The van der Waals surface area contributed by atoms with E-state index in [2.05, 4.69) is 10.8 Å². The van der Waals surface area contributed by atoms with Crippen molar-refractivity contribution >= 4 is 5.97 Å². The van der Waals surface area contributed by atoms with E-state index in [1.165, 1.54) is 7.11 Å². The second-order valence-corrected chi connectivity index (χ2v) is 1.77. The van der Waals surface area contributed by atoms with Crippen molar-refractivity contribution in [1.29, 1.82) is 0 Å². The predicted octanol–water partition coefficient (Wildman–Crippen LogP) is 1.27. The van der Waals surface area contributed by atoms with Gasteiger partial charge in [0.2, 0.25) is 5.97 Å². The Morgan fingerprint density at radius 2 is 2.40 bits per heavy atom. The quantitative estimate of drug-likeness (QED) is 0.428. The van der Waals surface area contributed by atoms with Crippen molar-refractivity contribution in [2.45, 2.75) is 0 Å². The van der Waals surface area contributed by atoms with Crippen molar-refractivity contribution < 1.29 is 9.53 Å². The van der Waals surface area contributed by atoms with Gasteiger partial charge in [0.15, 0.2) is 0 Å². The maximum absolute atomic E-state index is 10.8. The van der Waals surface area contributed by atoms with Crippen LogP contribution in [0, 0.1) is 6.07 Å². The molecule has 0 aliphatic carbocycles. The number of methoxy groups -OCH3 is 1. The second kappa shape index (κ2) is 3.01. The highest BCUT2D eigenvalue weighted by Gasteiger charge is 1.91. The minimum absolute atomic E-state index is 0.347. The minimum atomic E-state index is -0.347. The van der Waals surface area contributed by atoms with Gasteiger partial charge in [-0.05, 0) is 0 Å². The smallest absolute Gasteiger partial charge is 0.249 e. The SMILES string of the molecule is COC(=O)c1[c-]cccc1. The molecule has 0 amide bonds. The Bertz CT molecular complexity index is 216. The number of rotatable bonds is 1. The molecule has 2 nitrogen and oxygen atoms in total. The van der Waals surface area contributed by atoms with Gasteiger partial charge < -0.3 is 9.53 Å². The lowest BCUT2D eigenvalue weighted by Crippen LogP contribution is -1.99. The number of hydrogen-bond acceptors (Lipinski definition) is 2. The summed E-state index contributed by atoms with van der Waals surface area (Å²) in [6, 6.07) is 9.64. The van der Waals surface area contributed by atoms with Gasteiger partial charge in [-0.1, -0.05) is 5.56 Å². The van der Waals surface area contributed by atoms with Gasteiger partial charge in [-0.15, -0.1) is 30.3 Å². The third-order valence-electron chi connectivity index (χ3n) is 1.11. The lowest BCUT2D eigenvalue weighted by Gasteiger charge is -2.03. The Kier molecular flexibility index (Phi) is 2.05. The highest BCUT2D eigenvalue weighted by atomic mass is 16.5. The monoisotopic (exact) mass is 135 g/mol. The molecule has 10 heavy (non-hydrogen) atoms. The van der Waals surface area contributed by atoms with Crippen LogP contribution in [0.15, 0.2) is 24.3 Å². The first kappa shape index (κ1) is 6.81. The molecule has 0 aromatic heterocycles. The third kappa shape index (κ3) is 1.35. The van der Waals surface area contributed by atoms with Crippen LogP contribution in [0.3, 0.4) is 0 Å². The standard InChI is InChI=1S/C8H7O2/c1-10-8(9)7-5-3-2-4-6-7/h2-5H,1H3/q-1. The van der Waals surface area contributed by atoms with E-state index in [-0.39, 0.29) is 5.97 Å². The molecular weight excluding hydrogens is 128 g/mol. The number of esters is 1. The Morgan fingerprint density at radius 3 is 2.90 bits per heavy atom. The maximum Gasteiger partial charge on any atom is 0.249 e. The molecule has 0 aliphatic rings. The number of carbonyl (C=O) groups is 1. The summed E-state index contributed by atoms with van der Waals surface area (Å²) in [5, 5.41) is 0. The Balaban J connectivity index is 2.85. The van der Waals surface area contributed by atoms with Crippen LogP contribution in [-0.4, -0.2) is 13.1 Å². The van der Waals surface area contributed by atoms with E-state index < -0.39 is 0 Å². The summed E-state index contributed by atoms with van der Waals surface area (Å²) >= 11 is 0. The summed E-state index contributed by atoms with van der Waals surface area (Å²) < 4.78 is 4.47.